The smallest absolute Gasteiger partial charge is 0.277 e. The minimum absolute atomic E-state index is 0.0426. The number of aromatic amines is 1. The van der Waals surface area contributed by atoms with Crippen molar-refractivity contribution in [2.75, 3.05) is 45.9 Å². The first-order chi connectivity index (χ1) is 20.2. The van der Waals surface area contributed by atoms with Gasteiger partial charge in [-0.3, -0.25) is 9.69 Å². The Labute approximate surface area is 249 Å². The van der Waals surface area contributed by atoms with Crippen molar-refractivity contribution in [3.63, 3.8) is 0 Å². The minimum atomic E-state index is -3.81. The number of aromatic nitrogens is 4. The van der Waals surface area contributed by atoms with Crippen molar-refractivity contribution >= 4 is 15.5 Å². The largest absolute Gasteiger partial charge is 0.493 e. The number of nitrogens with one attached hydrogen (secondary N) is 1. The summed E-state index contributed by atoms with van der Waals surface area (Å²) in [6, 6.07) is 4.74. The highest BCUT2D eigenvalue weighted by atomic mass is 32.2. The van der Waals surface area contributed by atoms with E-state index >= 15 is 0 Å². The van der Waals surface area contributed by atoms with Gasteiger partial charge in [-0.2, -0.15) is 4.31 Å². The lowest BCUT2D eigenvalue weighted by Crippen LogP contribution is -2.49. The van der Waals surface area contributed by atoms with Gasteiger partial charge < -0.3 is 14.8 Å². The standard InChI is InChI=1S/C30H46N6O5S/c1-5-8-9-10-23(7-3)20-27-31-22(4)28-30(38)32-29(33-36(27)28)25-21-24(11-12-26(25)41-19-6-2)42(39,40)35-15-13-34(14-16-35)17-18-37/h11-12,21,23,37H,5-10,13-20H2,1-4H3,(H,32,33,38). The first-order valence-corrected chi connectivity index (χ1v) is 16.8. The summed E-state index contributed by atoms with van der Waals surface area (Å²) in [6.45, 7) is 11.0. The van der Waals surface area contributed by atoms with Gasteiger partial charge in [0.05, 0.1) is 29.4 Å². The predicted octanol–water partition coefficient (Wildman–Crippen LogP) is 3.63. The van der Waals surface area contributed by atoms with Gasteiger partial charge in [0.15, 0.2) is 11.3 Å². The van der Waals surface area contributed by atoms with Crippen molar-refractivity contribution < 1.29 is 18.3 Å². The Kier molecular flexibility index (Phi) is 11.2. The molecule has 1 atom stereocenters. The third-order valence-electron chi connectivity index (χ3n) is 8.06. The lowest BCUT2D eigenvalue weighted by atomic mass is 9.95. The number of imidazole rings is 1. The van der Waals surface area contributed by atoms with Crippen LogP contribution in [0.2, 0.25) is 0 Å². The molecule has 1 fully saturated rings. The summed E-state index contributed by atoms with van der Waals surface area (Å²) in [7, 11) is -3.81. The topological polar surface area (TPSA) is 133 Å². The van der Waals surface area contributed by atoms with Crippen molar-refractivity contribution in [3.8, 4) is 17.1 Å². The molecule has 11 nitrogen and oxygen atoms in total. The van der Waals surface area contributed by atoms with E-state index in [9.17, 15) is 18.3 Å². The molecule has 1 aliphatic rings. The Morgan fingerprint density at radius 1 is 1.10 bits per heavy atom. The molecule has 0 saturated carbocycles. The van der Waals surface area contributed by atoms with Gasteiger partial charge in [-0.1, -0.05) is 52.9 Å². The lowest BCUT2D eigenvalue weighted by molar-refractivity contribution is 0.151. The Hall–Kier alpha value is -2.80. The average Bonchev–Trinajstić information content (AvgIpc) is 3.30. The van der Waals surface area contributed by atoms with Gasteiger partial charge in [0.25, 0.3) is 5.56 Å². The fourth-order valence-corrected chi connectivity index (χ4v) is 7.01. The Morgan fingerprint density at radius 2 is 1.86 bits per heavy atom. The fraction of sp³-hybridized carbons (Fsp3) is 0.633. The van der Waals surface area contributed by atoms with Crippen LogP contribution >= 0.6 is 0 Å². The van der Waals surface area contributed by atoms with Crippen molar-refractivity contribution in [2.24, 2.45) is 5.92 Å². The summed E-state index contributed by atoms with van der Waals surface area (Å²) in [5.41, 5.74) is 1.10. The molecular formula is C30H46N6O5S. The number of aliphatic hydroxyl groups excluding tert-OH is 1. The van der Waals surface area contributed by atoms with E-state index in [2.05, 4.69) is 18.8 Å². The highest BCUT2D eigenvalue weighted by Gasteiger charge is 2.30. The maximum Gasteiger partial charge on any atom is 0.277 e. The first-order valence-electron chi connectivity index (χ1n) is 15.3. The van der Waals surface area contributed by atoms with Gasteiger partial charge in [0.2, 0.25) is 10.0 Å². The van der Waals surface area contributed by atoms with Crippen LogP contribution in [0.4, 0.5) is 0 Å². The maximum absolute atomic E-state index is 13.7. The summed E-state index contributed by atoms with van der Waals surface area (Å²) in [4.78, 5) is 23.1. The van der Waals surface area contributed by atoms with E-state index in [4.69, 9.17) is 14.8 Å². The van der Waals surface area contributed by atoms with Gasteiger partial charge >= 0.3 is 0 Å². The zero-order valence-electron chi connectivity index (χ0n) is 25.4. The molecule has 232 valence electrons. The summed E-state index contributed by atoms with van der Waals surface area (Å²) < 4.78 is 36.4. The molecule has 42 heavy (non-hydrogen) atoms. The van der Waals surface area contributed by atoms with Crippen LogP contribution in [0.25, 0.3) is 16.9 Å². The van der Waals surface area contributed by atoms with Crippen LogP contribution in [0.3, 0.4) is 0 Å². The van der Waals surface area contributed by atoms with Gasteiger partial charge in [-0.25, -0.2) is 17.9 Å². The maximum atomic E-state index is 13.7. The molecule has 0 spiro atoms. The highest BCUT2D eigenvalue weighted by Crippen LogP contribution is 2.32. The number of piperazine rings is 1. The van der Waals surface area contributed by atoms with Gasteiger partial charge in [-0.15, -0.1) is 5.10 Å². The monoisotopic (exact) mass is 602 g/mol. The second-order valence-corrected chi connectivity index (χ2v) is 13.1. The van der Waals surface area contributed by atoms with E-state index in [0.717, 1.165) is 31.5 Å². The molecule has 1 saturated heterocycles. The van der Waals surface area contributed by atoms with Gasteiger partial charge in [0, 0.05) is 39.1 Å². The fourth-order valence-electron chi connectivity index (χ4n) is 5.56. The van der Waals surface area contributed by atoms with E-state index < -0.39 is 10.0 Å². The molecule has 1 unspecified atom stereocenters. The molecule has 0 aliphatic carbocycles. The van der Waals surface area contributed by atoms with Crippen LogP contribution in [0.5, 0.6) is 5.75 Å². The van der Waals surface area contributed by atoms with Crippen molar-refractivity contribution in [1.29, 1.82) is 0 Å². The summed E-state index contributed by atoms with van der Waals surface area (Å²) >= 11 is 0. The molecule has 0 bridgehead atoms. The number of benzene rings is 1. The molecular weight excluding hydrogens is 556 g/mol. The minimum Gasteiger partial charge on any atom is -0.493 e. The Balaban J connectivity index is 1.74. The van der Waals surface area contributed by atoms with Crippen LogP contribution in [-0.2, 0) is 16.4 Å². The van der Waals surface area contributed by atoms with E-state index in [1.807, 2.05) is 18.7 Å². The second-order valence-electron chi connectivity index (χ2n) is 11.1. The number of hydrogen-bond acceptors (Lipinski definition) is 8. The number of aliphatic hydroxyl groups is 1. The number of rotatable bonds is 15. The van der Waals surface area contributed by atoms with E-state index in [1.165, 1.54) is 17.1 Å². The van der Waals surface area contributed by atoms with Crippen LogP contribution < -0.4 is 10.3 Å². The second kappa shape index (κ2) is 14.6. The zero-order valence-corrected chi connectivity index (χ0v) is 26.2. The first kappa shape index (κ1) is 32.1. The van der Waals surface area contributed by atoms with Crippen molar-refractivity contribution in [3.05, 3.63) is 40.1 Å². The van der Waals surface area contributed by atoms with Crippen molar-refractivity contribution in [1.82, 2.24) is 28.8 Å². The number of β-amino-alcohol motifs (C(OH)–C–C–N with tert-alkyl or cyclic N) is 1. The zero-order chi connectivity index (χ0) is 30.3. The van der Waals surface area contributed by atoms with Crippen molar-refractivity contribution in [2.45, 2.75) is 77.5 Å². The van der Waals surface area contributed by atoms with E-state index in [0.29, 0.717) is 74.2 Å². The number of hydrogen-bond donors (Lipinski definition) is 2. The SMILES string of the molecule is CCCCCC(CC)Cc1nc(C)c2c(=O)[nH]c(-c3cc(S(=O)(=O)N4CCN(CCO)CC4)ccc3OCCC)nn12. The number of fused-ring (bicyclic) bond motifs is 1. The summed E-state index contributed by atoms with van der Waals surface area (Å²) in [5, 5.41) is 14.1. The number of sulfonamides is 1. The molecule has 2 N–H and O–H groups in total. The molecule has 1 aliphatic heterocycles. The number of ether oxygens (including phenoxy) is 1. The van der Waals surface area contributed by atoms with E-state index in [-0.39, 0.29) is 22.9 Å². The quantitative estimate of drug-likeness (QED) is 0.252. The molecule has 0 amide bonds. The highest BCUT2D eigenvalue weighted by molar-refractivity contribution is 7.89. The molecule has 2 aromatic heterocycles. The van der Waals surface area contributed by atoms with E-state index in [1.54, 1.807) is 22.7 Å². The molecule has 0 radical (unpaired) electrons. The number of unbranched alkanes of at least 4 members (excludes halogenated alkanes) is 2. The third-order valence-corrected chi connectivity index (χ3v) is 9.96. The number of aryl methyl sites for hydroxylation is 1. The number of H-pyrrole nitrogens is 1. The molecule has 4 rings (SSSR count). The Morgan fingerprint density at radius 3 is 2.52 bits per heavy atom. The van der Waals surface area contributed by atoms with Gasteiger partial charge in [0.1, 0.15) is 11.6 Å². The predicted molar refractivity (Wildman–Crippen MR) is 163 cm³/mol. The van der Waals surface area contributed by atoms with Crippen LogP contribution in [0.1, 0.15) is 70.8 Å². The molecule has 12 heteroatoms. The van der Waals surface area contributed by atoms with Crippen LogP contribution in [0.15, 0.2) is 27.9 Å². The molecule has 1 aromatic carbocycles. The average molecular weight is 603 g/mol. The molecule has 3 heterocycles. The summed E-state index contributed by atoms with van der Waals surface area (Å²) in [6.07, 6.45) is 7.10. The van der Waals surface area contributed by atoms with Crippen LogP contribution in [0, 0.1) is 12.8 Å². The summed E-state index contributed by atoms with van der Waals surface area (Å²) in [5.74, 6) is 1.86. The Bertz CT molecular complexity index is 1490. The van der Waals surface area contributed by atoms with Gasteiger partial charge in [-0.05, 0) is 37.5 Å². The number of nitrogens with zero attached hydrogens (tertiary/aromatic N) is 5. The lowest BCUT2D eigenvalue weighted by Gasteiger charge is -2.33. The van der Waals surface area contributed by atoms with Crippen LogP contribution in [-0.4, -0.2) is 88.2 Å². The third kappa shape index (κ3) is 7.21. The normalized spacial score (nSPS) is 15.8. The molecule has 3 aromatic rings.